The van der Waals surface area contributed by atoms with Crippen molar-refractivity contribution in [1.29, 1.82) is 0 Å². The van der Waals surface area contributed by atoms with E-state index in [0.29, 0.717) is 12.4 Å². The topological polar surface area (TPSA) is 35.5 Å². The normalized spacial score (nSPS) is 25.2. The molecule has 0 aromatic heterocycles. The van der Waals surface area contributed by atoms with Crippen LogP contribution in [0.25, 0.3) is 0 Å². The Hall–Kier alpha value is -0.540. The van der Waals surface area contributed by atoms with Crippen LogP contribution in [0.4, 0.5) is 0 Å². The van der Waals surface area contributed by atoms with Crippen LogP contribution in [-0.4, -0.2) is 17.6 Å². The molecule has 0 radical (unpaired) electrons. The summed E-state index contributed by atoms with van der Waals surface area (Å²) in [6.07, 6.45) is 1.22. The van der Waals surface area contributed by atoms with Crippen LogP contribution in [0.15, 0.2) is 11.8 Å². The summed E-state index contributed by atoms with van der Waals surface area (Å²) in [7, 11) is 0. The van der Waals surface area contributed by atoms with Crippen molar-refractivity contribution in [3.05, 3.63) is 11.8 Å². The Morgan fingerprint density at radius 2 is 2.36 bits per heavy atom. The van der Waals surface area contributed by atoms with Gasteiger partial charge in [0.05, 0.1) is 0 Å². The maximum atomic E-state index is 10.4. The summed E-state index contributed by atoms with van der Waals surface area (Å²) in [5.74, 6) is -0.145. The minimum absolute atomic E-state index is 0.311. The highest BCUT2D eigenvalue weighted by Gasteiger charge is 2.29. The van der Waals surface area contributed by atoms with Crippen LogP contribution in [0.1, 0.15) is 13.8 Å². The van der Waals surface area contributed by atoms with Gasteiger partial charge in [-0.05, 0) is 11.6 Å². The molecule has 1 rings (SSSR count). The third-order valence-electron chi connectivity index (χ3n) is 1.21. The van der Waals surface area contributed by atoms with Gasteiger partial charge in [-0.25, -0.2) is 0 Å². The molecule has 0 saturated carbocycles. The van der Waals surface area contributed by atoms with Crippen molar-refractivity contribution >= 4 is 16.8 Å². The summed E-state index contributed by atoms with van der Waals surface area (Å²) in [4.78, 5) is 10.4. The molecule has 0 aliphatic carbocycles. The summed E-state index contributed by atoms with van der Waals surface area (Å²) in [6, 6.07) is 0. The lowest BCUT2D eigenvalue weighted by Gasteiger charge is -2.14. The number of carbonyl (C=O) groups is 1. The van der Waals surface area contributed by atoms with Crippen molar-refractivity contribution in [1.82, 2.24) is 0 Å². The molecule has 1 fully saturated rings. The smallest absolute Gasteiger partial charge is 0.248 e. The second-order valence-corrected chi connectivity index (χ2v) is 3.08. The molecule has 1 aliphatic rings. The van der Waals surface area contributed by atoms with E-state index >= 15 is 0 Å². The lowest BCUT2D eigenvalue weighted by atomic mass is 10.4. The molecule has 0 aromatic carbocycles. The Morgan fingerprint density at radius 3 is 2.73 bits per heavy atom. The van der Waals surface area contributed by atoms with E-state index in [-0.39, 0.29) is 0 Å². The number of allylic oxidation sites excluding steroid dienone is 1. The second-order valence-electron chi connectivity index (χ2n) is 2.71. The Morgan fingerprint density at radius 1 is 1.73 bits per heavy atom. The van der Waals surface area contributed by atoms with Crippen molar-refractivity contribution in [2.75, 3.05) is 6.61 Å². The quantitative estimate of drug-likeness (QED) is 0.448. The van der Waals surface area contributed by atoms with E-state index in [2.05, 4.69) is 0 Å². The average Bonchev–Trinajstić information content (AvgIpc) is 2.08. The van der Waals surface area contributed by atoms with Gasteiger partial charge in [0.25, 0.3) is 0 Å². The standard InChI is InChI=1S/C7H9ClO3/c1-7(2)10-4-5(11-7)3-6(8)9/h3H,4H2,1-2H3/b5-3-. The van der Waals surface area contributed by atoms with E-state index in [1.54, 1.807) is 13.8 Å². The molecule has 0 amide bonds. The minimum atomic E-state index is -0.627. The monoisotopic (exact) mass is 176 g/mol. The van der Waals surface area contributed by atoms with Gasteiger partial charge in [0.2, 0.25) is 11.0 Å². The molecular weight excluding hydrogens is 168 g/mol. The van der Waals surface area contributed by atoms with Crippen molar-refractivity contribution in [3.8, 4) is 0 Å². The Labute approximate surface area is 69.9 Å². The Balaban J connectivity index is 2.61. The predicted octanol–water partition coefficient (Wildman–Crippen LogP) is 1.42. The number of hydrogen-bond acceptors (Lipinski definition) is 3. The van der Waals surface area contributed by atoms with Crippen molar-refractivity contribution in [2.45, 2.75) is 19.6 Å². The van der Waals surface area contributed by atoms with Crippen LogP contribution < -0.4 is 0 Å². The largest absolute Gasteiger partial charge is 0.465 e. The second kappa shape index (κ2) is 2.83. The first-order valence-corrected chi connectivity index (χ1v) is 3.60. The molecule has 0 unspecified atom stereocenters. The van der Waals surface area contributed by atoms with Gasteiger partial charge in [-0.3, -0.25) is 4.79 Å². The molecule has 0 atom stereocenters. The third kappa shape index (κ3) is 2.52. The lowest BCUT2D eigenvalue weighted by Crippen LogP contribution is -2.18. The highest BCUT2D eigenvalue weighted by Crippen LogP contribution is 2.24. The molecule has 0 aromatic rings. The average molecular weight is 177 g/mol. The number of carbonyl (C=O) groups excluding carboxylic acids is 1. The maximum absolute atomic E-state index is 10.4. The predicted molar refractivity (Wildman–Crippen MR) is 40.1 cm³/mol. The van der Waals surface area contributed by atoms with Crippen LogP contribution in [0.3, 0.4) is 0 Å². The zero-order valence-electron chi connectivity index (χ0n) is 6.39. The molecule has 1 aliphatic heterocycles. The zero-order chi connectivity index (χ0) is 8.48. The highest BCUT2D eigenvalue weighted by molar-refractivity contribution is 6.66. The summed E-state index contributed by atoms with van der Waals surface area (Å²) in [6.45, 7) is 3.85. The Kier molecular flexibility index (Phi) is 2.20. The van der Waals surface area contributed by atoms with Gasteiger partial charge in [-0.15, -0.1) is 0 Å². The Bertz CT molecular complexity index is 208. The fourth-order valence-corrected chi connectivity index (χ4v) is 0.939. The minimum Gasteiger partial charge on any atom is -0.465 e. The van der Waals surface area contributed by atoms with E-state index in [0.717, 1.165) is 0 Å². The summed E-state index contributed by atoms with van der Waals surface area (Å²) in [5.41, 5.74) is 0. The van der Waals surface area contributed by atoms with Crippen LogP contribution >= 0.6 is 11.6 Å². The van der Waals surface area contributed by atoms with Gasteiger partial charge in [0, 0.05) is 19.9 Å². The first-order chi connectivity index (χ1) is 4.99. The molecule has 0 spiro atoms. The molecule has 62 valence electrons. The maximum Gasteiger partial charge on any atom is 0.248 e. The fraction of sp³-hybridized carbons (Fsp3) is 0.571. The van der Waals surface area contributed by atoms with Crippen LogP contribution in [0.2, 0.25) is 0 Å². The van der Waals surface area contributed by atoms with E-state index in [1.807, 2.05) is 0 Å². The van der Waals surface area contributed by atoms with Crippen LogP contribution in [0, 0.1) is 0 Å². The summed E-state index contributed by atoms with van der Waals surface area (Å²) < 4.78 is 10.3. The third-order valence-corrected chi connectivity index (χ3v) is 1.32. The molecule has 0 N–H and O–H groups in total. The molecule has 0 bridgehead atoms. The zero-order valence-corrected chi connectivity index (χ0v) is 7.14. The van der Waals surface area contributed by atoms with Gasteiger partial charge in [-0.2, -0.15) is 0 Å². The lowest BCUT2D eigenvalue weighted by molar-refractivity contribution is -0.117. The number of hydrogen-bond donors (Lipinski definition) is 0. The molecule has 3 nitrogen and oxygen atoms in total. The van der Waals surface area contributed by atoms with Gasteiger partial charge in [0.1, 0.15) is 12.4 Å². The first-order valence-electron chi connectivity index (χ1n) is 3.23. The van der Waals surface area contributed by atoms with Crippen molar-refractivity contribution < 1.29 is 14.3 Å². The summed E-state index contributed by atoms with van der Waals surface area (Å²) in [5, 5.41) is -0.540. The molecule has 4 heteroatoms. The molecular formula is C7H9ClO3. The fourth-order valence-electron chi connectivity index (χ4n) is 0.817. The van der Waals surface area contributed by atoms with E-state index in [9.17, 15) is 4.79 Å². The summed E-state index contributed by atoms with van der Waals surface area (Å²) >= 11 is 5.10. The van der Waals surface area contributed by atoms with Gasteiger partial charge in [-0.1, -0.05) is 0 Å². The van der Waals surface area contributed by atoms with Crippen LogP contribution in [0.5, 0.6) is 0 Å². The van der Waals surface area contributed by atoms with E-state index in [1.165, 1.54) is 6.08 Å². The highest BCUT2D eigenvalue weighted by atomic mass is 35.5. The number of halogens is 1. The van der Waals surface area contributed by atoms with Gasteiger partial charge in [0.15, 0.2) is 0 Å². The van der Waals surface area contributed by atoms with Crippen molar-refractivity contribution in [2.24, 2.45) is 0 Å². The van der Waals surface area contributed by atoms with Crippen LogP contribution in [-0.2, 0) is 14.3 Å². The molecule has 11 heavy (non-hydrogen) atoms. The van der Waals surface area contributed by atoms with E-state index < -0.39 is 11.0 Å². The number of rotatable bonds is 1. The molecule has 1 saturated heterocycles. The first kappa shape index (κ1) is 8.56. The van der Waals surface area contributed by atoms with Gasteiger partial charge >= 0.3 is 0 Å². The molecule has 1 heterocycles. The van der Waals surface area contributed by atoms with E-state index in [4.69, 9.17) is 21.1 Å². The van der Waals surface area contributed by atoms with Gasteiger partial charge < -0.3 is 9.47 Å². The van der Waals surface area contributed by atoms with Crippen molar-refractivity contribution in [3.63, 3.8) is 0 Å². The SMILES string of the molecule is CC1(C)OC/C(=C/C(=O)Cl)O1. The number of ether oxygens (including phenoxy) is 2.